The minimum atomic E-state index is -4.32. The molecule has 1 aromatic carbocycles. The highest BCUT2D eigenvalue weighted by Gasteiger charge is 2.47. The predicted octanol–water partition coefficient (Wildman–Crippen LogP) is 4.65. The van der Waals surface area contributed by atoms with Crippen LogP contribution in [-0.2, 0) is 10.0 Å². The Bertz CT molecular complexity index is 1280. The van der Waals surface area contributed by atoms with E-state index in [1.807, 2.05) is 4.90 Å². The topological polar surface area (TPSA) is 100 Å². The van der Waals surface area contributed by atoms with E-state index in [1.165, 1.54) is 12.4 Å². The number of nitrogens with one attached hydrogen (secondary N) is 2. The second kappa shape index (κ2) is 9.06. The van der Waals surface area contributed by atoms with E-state index in [4.69, 9.17) is 4.74 Å². The van der Waals surface area contributed by atoms with Crippen molar-refractivity contribution in [2.24, 2.45) is 5.92 Å². The number of hydrogen-bond acceptors (Lipinski definition) is 7. The number of sulfonamides is 1. The third-order valence-electron chi connectivity index (χ3n) is 6.40. The second-order valence-corrected chi connectivity index (χ2v) is 11.0. The fourth-order valence-corrected chi connectivity index (χ4v) is 6.64. The summed E-state index contributed by atoms with van der Waals surface area (Å²) in [7, 11) is -4.27. The molecular weight excluding hydrogens is 510 g/mol. The molecule has 0 spiro atoms. The lowest BCUT2D eigenvalue weighted by molar-refractivity contribution is -0.192. The van der Waals surface area contributed by atoms with E-state index in [2.05, 4.69) is 19.9 Å². The Kier molecular flexibility index (Phi) is 6.21. The number of nitrogens with zero attached hydrogens (tertiary/aromatic N) is 3. The minimum absolute atomic E-state index is 0.0898. The molecule has 4 heterocycles. The van der Waals surface area contributed by atoms with Crippen LogP contribution in [-0.4, -0.2) is 47.8 Å². The van der Waals surface area contributed by atoms with Gasteiger partial charge in [-0.25, -0.2) is 17.8 Å². The first-order chi connectivity index (χ1) is 16.6. The monoisotopic (exact) mass is 531 g/mol. The van der Waals surface area contributed by atoms with Crippen LogP contribution in [0.5, 0.6) is 5.75 Å². The Balaban J connectivity index is 1.48. The minimum Gasteiger partial charge on any atom is -0.493 e. The predicted molar refractivity (Wildman–Crippen MR) is 119 cm³/mol. The molecule has 2 aliphatic rings. The van der Waals surface area contributed by atoms with Crippen molar-refractivity contribution in [2.45, 2.75) is 42.4 Å². The van der Waals surface area contributed by atoms with Crippen molar-refractivity contribution in [1.29, 1.82) is 0 Å². The number of aromatic amines is 1. The summed E-state index contributed by atoms with van der Waals surface area (Å²) >= 11 is 1.05. The van der Waals surface area contributed by atoms with Gasteiger partial charge in [0.15, 0.2) is 5.13 Å². The van der Waals surface area contributed by atoms with Crippen molar-refractivity contribution in [1.82, 2.24) is 20.1 Å². The zero-order valence-electron chi connectivity index (χ0n) is 18.1. The van der Waals surface area contributed by atoms with Crippen LogP contribution < -0.4 is 9.46 Å². The summed E-state index contributed by atoms with van der Waals surface area (Å²) in [4.78, 5) is 5.16. The Morgan fingerprint density at radius 1 is 1.20 bits per heavy atom. The van der Waals surface area contributed by atoms with Crippen LogP contribution in [0.15, 0.2) is 40.9 Å². The second-order valence-electron chi connectivity index (χ2n) is 8.44. The molecule has 188 valence electrons. The first kappa shape index (κ1) is 24.0. The number of ether oxygens (including phenoxy) is 1. The Morgan fingerprint density at radius 2 is 2.03 bits per heavy atom. The third kappa shape index (κ3) is 4.74. The maximum atomic E-state index is 15.2. The molecule has 2 aliphatic heterocycles. The summed E-state index contributed by atoms with van der Waals surface area (Å²) in [6, 6.07) is 2.79. The largest absolute Gasteiger partial charge is 0.493 e. The van der Waals surface area contributed by atoms with Gasteiger partial charge in [-0.05, 0) is 25.0 Å². The van der Waals surface area contributed by atoms with Gasteiger partial charge < -0.3 is 4.74 Å². The van der Waals surface area contributed by atoms with Crippen LogP contribution in [0.1, 0.15) is 42.6 Å². The summed E-state index contributed by atoms with van der Waals surface area (Å²) in [5, 5.41) is 8.34. The van der Waals surface area contributed by atoms with E-state index in [9.17, 15) is 21.6 Å². The molecule has 1 unspecified atom stereocenters. The van der Waals surface area contributed by atoms with Crippen molar-refractivity contribution in [3.63, 3.8) is 0 Å². The molecule has 0 bridgehead atoms. The van der Waals surface area contributed by atoms with Gasteiger partial charge in [0, 0.05) is 48.4 Å². The molecule has 2 aromatic heterocycles. The lowest BCUT2D eigenvalue weighted by atomic mass is 9.85. The van der Waals surface area contributed by atoms with Crippen molar-refractivity contribution < 1.29 is 30.7 Å². The van der Waals surface area contributed by atoms with Crippen molar-refractivity contribution >= 4 is 26.5 Å². The Labute approximate surface area is 202 Å². The van der Waals surface area contributed by atoms with Gasteiger partial charge >= 0.3 is 6.18 Å². The number of H-pyrrole nitrogens is 1. The molecule has 0 saturated carbocycles. The smallest absolute Gasteiger partial charge is 0.391 e. The molecule has 8 nitrogen and oxygen atoms in total. The molecule has 0 amide bonds. The standard InChI is InChI=1S/C21H21F4N5O3S2/c22-14-10-13-16(30-6-2-12(21(23,24)25)9-17(30)15-1-4-27-28-15)3-7-33-18(13)11-19(14)35(31,32)29-20-26-5-8-34-20/h1,4-5,8,10-12,16-17H,2-3,6-7,9H2,(H,26,29)(H,27,28)/t12-,16?,17+/m0/s1. The van der Waals surface area contributed by atoms with E-state index in [0.717, 1.165) is 23.5 Å². The van der Waals surface area contributed by atoms with E-state index in [0.29, 0.717) is 17.7 Å². The summed E-state index contributed by atoms with van der Waals surface area (Å²) in [6.07, 6.45) is -1.26. The van der Waals surface area contributed by atoms with Crippen LogP contribution in [0.4, 0.5) is 22.7 Å². The quantitative estimate of drug-likeness (QED) is 0.465. The molecule has 35 heavy (non-hydrogen) atoms. The van der Waals surface area contributed by atoms with Crippen molar-refractivity contribution in [3.05, 3.63) is 53.0 Å². The number of rotatable bonds is 5. The summed E-state index contributed by atoms with van der Waals surface area (Å²) in [5.74, 6) is -2.26. The third-order valence-corrected chi connectivity index (χ3v) is 8.58. The molecule has 1 fully saturated rings. The van der Waals surface area contributed by atoms with Crippen LogP contribution in [0.2, 0.25) is 0 Å². The number of benzene rings is 1. The summed E-state index contributed by atoms with van der Waals surface area (Å²) < 4.78 is 89.2. The molecule has 0 radical (unpaired) electrons. The SMILES string of the molecule is O=S(=O)(Nc1nccs1)c1cc2c(cc1F)C(N1CC[C@H](C(F)(F)F)C[C@@H]1c1ccn[nH]1)CCO2. The van der Waals surface area contributed by atoms with Gasteiger partial charge in [-0.2, -0.15) is 18.3 Å². The maximum absolute atomic E-state index is 15.2. The maximum Gasteiger partial charge on any atom is 0.391 e. The highest BCUT2D eigenvalue weighted by atomic mass is 32.2. The van der Waals surface area contributed by atoms with E-state index >= 15 is 4.39 Å². The van der Waals surface area contributed by atoms with Crippen LogP contribution in [0, 0.1) is 11.7 Å². The molecular formula is C21H21F4N5O3S2. The van der Waals surface area contributed by atoms with Gasteiger partial charge in [-0.3, -0.25) is 14.7 Å². The lowest BCUT2D eigenvalue weighted by Crippen LogP contribution is -2.44. The first-order valence-electron chi connectivity index (χ1n) is 10.8. The average Bonchev–Trinajstić information content (AvgIpc) is 3.51. The zero-order valence-corrected chi connectivity index (χ0v) is 19.8. The fourth-order valence-electron chi connectivity index (χ4n) is 4.78. The van der Waals surface area contributed by atoms with E-state index in [1.54, 1.807) is 11.4 Å². The van der Waals surface area contributed by atoms with E-state index < -0.39 is 44.9 Å². The van der Waals surface area contributed by atoms with Gasteiger partial charge in [0.1, 0.15) is 16.5 Å². The van der Waals surface area contributed by atoms with E-state index in [-0.39, 0.29) is 36.9 Å². The summed E-state index contributed by atoms with van der Waals surface area (Å²) in [6.45, 7) is 0.336. The van der Waals surface area contributed by atoms with Gasteiger partial charge in [0.05, 0.1) is 24.3 Å². The molecule has 5 rings (SSSR count). The Hall–Kier alpha value is -2.71. The molecule has 14 heteroatoms. The molecule has 1 saturated heterocycles. The van der Waals surface area contributed by atoms with Crippen LogP contribution in [0.25, 0.3) is 0 Å². The lowest BCUT2D eigenvalue weighted by Gasteiger charge is -2.45. The van der Waals surface area contributed by atoms with Gasteiger partial charge in [0.2, 0.25) is 0 Å². The molecule has 2 N–H and O–H groups in total. The fraction of sp³-hybridized carbons (Fsp3) is 0.429. The number of halogens is 4. The average molecular weight is 532 g/mol. The van der Waals surface area contributed by atoms with Crippen LogP contribution in [0.3, 0.4) is 0 Å². The number of alkyl halides is 3. The number of likely N-dealkylation sites (tertiary alicyclic amines) is 1. The Morgan fingerprint density at radius 3 is 2.71 bits per heavy atom. The molecule has 3 atom stereocenters. The number of anilines is 1. The number of piperidine rings is 1. The number of fused-ring (bicyclic) bond motifs is 1. The molecule has 3 aromatic rings. The van der Waals surface area contributed by atoms with Crippen molar-refractivity contribution in [3.8, 4) is 5.75 Å². The van der Waals surface area contributed by atoms with Gasteiger partial charge in [0.25, 0.3) is 10.0 Å². The van der Waals surface area contributed by atoms with Crippen molar-refractivity contribution in [2.75, 3.05) is 17.9 Å². The highest BCUT2D eigenvalue weighted by molar-refractivity contribution is 7.93. The van der Waals surface area contributed by atoms with Gasteiger partial charge in [-0.15, -0.1) is 11.3 Å². The first-order valence-corrected chi connectivity index (χ1v) is 13.2. The van der Waals surface area contributed by atoms with Gasteiger partial charge in [-0.1, -0.05) is 0 Å². The highest BCUT2D eigenvalue weighted by Crippen LogP contribution is 2.48. The molecule has 0 aliphatic carbocycles. The van der Waals surface area contributed by atoms with Crippen LogP contribution >= 0.6 is 11.3 Å². The zero-order chi connectivity index (χ0) is 24.8. The number of aromatic nitrogens is 3. The summed E-state index contributed by atoms with van der Waals surface area (Å²) in [5.41, 5.74) is 0.941. The number of hydrogen-bond donors (Lipinski definition) is 2. The normalized spacial score (nSPS) is 23.5. The number of thiazole rings is 1.